The zero-order chi connectivity index (χ0) is 12.8. The van der Waals surface area contributed by atoms with Crippen molar-refractivity contribution >= 4 is 11.7 Å². The summed E-state index contributed by atoms with van der Waals surface area (Å²) in [6.07, 6.45) is 0. The third kappa shape index (κ3) is 3.82. The van der Waals surface area contributed by atoms with Crippen LogP contribution in [0.15, 0.2) is 24.3 Å². The SMILES string of the molecule is O=C(O)C(CO)NCc1cccc([N+](=O)[O-])c1. The van der Waals surface area contributed by atoms with Crippen LogP contribution in [0.5, 0.6) is 0 Å². The third-order valence-corrected chi connectivity index (χ3v) is 2.15. The number of hydrogen-bond acceptors (Lipinski definition) is 5. The number of rotatable bonds is 6. The van der Waals surface area contributed by atoms with E-state index in [9.17, 15) is 14.9 Å². The van der Waals surface area contributed by atoms with E-state index in [0.29, 0.717) is 5.56 Å². The van der Waals surface area contributed by atoms with Gasteiger partial charge in [0.05, 0.1) is 11.5 Å². The molecule has 0 aromatic heterocycles. The van der Waals surface area contributed by atoms with Crippen LogP contribution in [0, 0.1) is 10.1 Å². The highest BCUT2D eigenvalue weighted by molar-refractivity contribution is 5.73. The standard InChI is InChI=1S/C10H12N2O5/c13-6-9(10(14)15)11-5-7-2-1-3-8(4-7)12(16)17/h1-4,9,11,13H,5-6H2,(H,14,15). The summed E-state index contributed by atoms with van der Waals surface area (Å²) in [4.78, 5) is 20.6. The molecule has 1 unspecified atom stereocenters. The van der Waals surface area contributed by atoms with Gasteiger partial charge in [0, 0.05) is 18.7 Å². The minimum atomic E-state index is -1.17. The number of nitro groups is 1. The Balaban J connectivity index is 2.66. The minimum absolute atomic E-state index is 0.0554. The van der Waals surface area contributed by atoms with Gasteiger partial charge in [-0.05, 0) is 5.56 Å². The molecule has 0 aliphatic heterocycles. The van der Waals surface area contributed by atoms with Crippen LogP contribution in [-0.4, -0.2) is 33.8 Å². The average molecular weight is 240 g/mol. The Hall–Kier alpha value is -1.99. The van der Waals surface area contributed by atoms with Crippen molar-refractivity contribution in [2.24, 2.45) is 0 Å². The summed E-state index contributed by atoms with van der Waals surface area (Å²) in [5, 5.41) is 30.5. The van der Waals surface area contributed by atoms with Gasteiger partial charge < -0.3 is 10.2 Å². The molecule has 92 valence electrons. The molecule has 7 heteroatoms. The molecule has 0 aliphatic rings. The van der Waals surface area contributed by atoms with Gasteiger partial charge in [-0.2, -0.15) is 0 Å². The molecular weight excluding hydrogens is 228 g/mol. The first-order valence-corrected chi connectivity index (χ1v) is 4.85. The molecule has 0 aliphatic carbocycles. The van der Waals surface area contributed by atoms with Crippen molar-refractivity contribution in [3.63, 3.8) is 0 Å². The van der Waals surface area contributed by atoms with E-state index >= 15 is 0 Å². The molecule has 0 spiro atoms. The Bertz CT molecular complexity index is 421. The lowest BCUT2D eigenvalue weighted by molar-refractivity contribution is -0.384. The second-order valence-electron chi connectivity index (χ2n) is 3.38. The van der Waals surface area contributed by atoms with E-state index in [1.165, 1.54) is 18.2 Å². The number of carboxylic acid groups (broad SMARTS) is 1. The van der Waals surface area contributed by atoms with Crippen LogP contribution in [0.4, 0.5) is 5.69 Å². The Morgan fingerprint density at radius 1 is 1.53 bits per heavy atom. The Labute approximate surface area is 96.8 Å². The van der Waals surface area contributed by atoms with Crippen molar-refractivity contribution in [3.8, 4) is 0 Å². The van der Waals surface area contributed by atoms with E-state index in [-0.39, 0.29) is 12.2 Å². The highest BCUT2D eigenvalue weighted by Gasteiger charge is 2.15. The van der Waals surface area contributed by atoms with Crippen molar-refractivity contribution in [1.29, 1.82) is 0 Å². The fraction of sp³-hybridized carbons (Fsp3) is 0.300. The van der Waals surface area contributed by atoms with E-state index in [4.69, 9.17) is 10.2 Å². The molecule has 7 nitrogen and oxygen atoms in total. The van der Waals surface area contributed by atoms with Gasteiger partial charge in [-0.15, -0.1) is 0 Å². The number of benzene rings is 1. The molecule has 0 amide bonds. The van der Waals surface area contributed by atoms with Crippen molar-refractivity contribution in [1.82, 2.24) is 5.32 Å². The molecule has 1 aromatic rings. The zero-order valence-corrected chi connectivity index (χ0v) is 8.87. The van der Waals surface area contributed by atoms with Gasteiger partial charge in [0.1, 0.15) is 6.04 Å². The maximum Gasteiger partial charge on any atom is 0.323 e. The largest absolute Gasteiger partial charge is 0.480 e. The van der Waals surface area contributed by atoms with Crippen LogP contribution in [0.1, 0.15) is 5.56 Å². The van der Waals surface area contributed by atoms with Gasteiger partial charge >= 0.3 is 5.97 Å². The average Bonchev–Trinajstić information content (AvgIpc) is 2.29. The number of carboxylic acids is 1. The highest BCUT2D eigenvalue weighted by atomic mass is 16.6. The molecule has 0 heterocycles. The number of nitro benzene ring substituents is 1. The molecule has 1 rings (SSSR count). The van der Waals surface area contributed by atoms with Gasteiger partial charge in [0.2, 0.25) is 0 Å². The van der Waals surface area contributed by atoms with Gasteiger partial charge in [-0.1, -0.05) is 12.1 Å². The third-order valence-electron chi connectivity index (χ3n) is 2.15. The lowest BCUT2D eigenvalue weighted by Gasteiger charge is -2.11. The molecular formula is C10H12N2O5. The smallest absolute Gasteiger partial charge is 0.323 e. The quantitative estimate of drug-likeness (QED) is 0.481. The lowest BCUT2D eigenvalue weighted by atomic mass is 10.2. The number of aliphatic hydroxyl groups excluding tert-OH is 1. The van der Waals surface area contributed by atoms with Crippen LogP contribution in [0.2, 0.25) is 0 Å². The summed E-state index contributed by atoms with van der Waals surface area (Å²) < 4.78 is 0. The molecule has 0 saturated heterocycles. The first kappa shape index (κ1) is 13.1. The second-order valence-corrected chi connectivity index (χ2v) is 3.38. The summed E-state index contributed by atoms with van der Waals surface area (Å²) in [6.45, 7) is -0.399. The second kappa shape index (κ2) is 5.92. The van der Waals surface area contributed by atoms with Crippen LogP contribution in [-0.2, 0) is 11.3 Å². The Morgan fingerprint density at radius 2 is 2.24 bits per heavy atom. The monoisotopic (exact) mass is 240 g/mol. The van der Waals surface area contributed by atoms with Crippen molar-refractivity contribution in [2.75, 3.05) is 6.61 Å². The number of non-ortho nitro benzene ring substituents is 1. The predicted octanol–water partition coefficient (Wildman–Crippen LogP) is 0.130. The highest BCUT2D eigenvalue weighted by Crippen LogP contribution is 2.12. The normalized spacial score (nSPS) is 12.1. The maximum absolute atomic E-state index is 10.6. The molecule has 3 N–H and O–H groups in total. The van der Waals surface area contributed by atoms with Crippen LogP contribution < -0.4 is 5.32 Å². The Morgan fingerprint density at radius 3 is 2.76 bits per heavy atom. The summed E-state index contributed by atoms with van der Waals surface area (Å²) >= 11 is 0. The molecule has 0 fully saturated rings. The zero-order valence-electron chi connectivity index (χ0n) is 8.87. The van der Waals surface area contributed by atoms with Crippen molar-refractivity contribution < 1.29 is 19.9 Å². The van der Waals surface area contributed by atoms with E-state index in [1.54, 1.807) is 6.07 Å². The van der Waals surface area contributed by atoms with Crippen LogP contribution >= 0.6 is 0 Å². The fourth-order valence-corrected chi connectivity index (χ4v) is 1.25. The van der Waals surface area contributed by atoms with Gasteiger partial charge in [0.15, 0.2) is 0 Å². The number of aliphatic hydroxyl groups is 1. The summed E-state index contributed by atoms with van der Waals surface area (Å²) in [5.74, 6) is -1.17. The lowest BCUT2D eigenvalue weighted by Crippen LogP contribution is -2.39. The summed E-state index contributed by atoms with van der Waals surface area (Å²) in [5.41, 5.74) is 0.527. The number of aliphatic carboxylic acids is 1. The number of hydrogen-bond donors (Lipinski definition) is 3. The van der Waals surface area contributed by atoms with Gasteiger partial charge in [0.25, 0.3) is 5.69 Å². The van der Waals surface area contributed by atoms with Crippen molar-refractivity contribution in [2.45, 2.75) is 12.6 Å². The molecule has 0 saturated carbocycles. The predicted molar refractivity (Wildman–Crippen MR) is 58.4 cm³/mol. The first-order chi connectivity index (χ1) is 8.04. The van der Waals surface area contributed by atoms with Crippen LogP contribution in [0.25, 0.3) is 0 Å². The van der Waals surface area contributed by atoms with E-state index in [2.05, 4.69) is 5.32 Å². The number of nitrogens with one attached hydrogen (secondary N) is 1. The van der Waals surface area contributed by atoms with E-state index < -0.39 is 23.5 Å². The molecule has 1 atom stereocenters. The molecule has 0 bridgehead atoms. The van der Waals surface area contributed by atoms with Gasteiger partial charge in [-0.3, -0.25) is 20.2 Å². The summed E-state index contributed by atoms with van der Waals surface area (Å²) in [7, 11) is 0. The molecule has 17 heavy (non-hydrogen) atoms. The molecule has 0 radical (unpaired) electrons. The molecule has 1 aromatic carbocycles. The van der Waals surface area contributed by atoms with Crippen LogP contribution in [0.3, 0.4) is 0 Å². The number of carbonyl (C=O) groups is 1. The van der Waals surface area contributed by atoms with E-state index in [0.717, 1.165) is 0 Å². The number of nitrogens with zero attached hydrogens (tertiary/aromatic N) is 1. The maximum atomic E-state index is 10.6. The minimum Gasteiger partial charge on any atom is -0.480 e. The van der Waals surface area contributed by atoms with E-state index in [1.807, 2.05) is 0 Å². The summed E-state index contributed by atoms with van der Waals surface area (Å²) in [6, 6.07) is 4.78. The van der Waals surface area contributed by atoms with Gasteiger partial charge in [-0.25, -0.2) is 0 Å². The van der Waals surface area contributed by atoms with Crippen molar-refractivity contribution in [3.05, 3.63) is 39.9 Å². The fourth-order valence-electron chi connectivity index (χ4n) is 1.25. The topological polar surface area (TPSA) is 113 Å². The Kier molecular flexibility index (Phi) is 4.56. The first-order valence-electron chi connectivity index (χ1n) is 4.85.